The minimum Gasteiger partial charge on any atom is -0.310 e. The summed E-state index contributed by atoms with van der Waals surface area (Å²) in [5.41, 5.74) is 1.39. The lowest BCUT2D eigenvalue weighted by Gasteiger charge is -2.18. The SMILES string of the molecule is CCCNCc1nc2c(s1)CC(CC)CC2. The summed E-state index contributed by atoms with van der Waals surface area (Å²) in [7, 11) is 0. The third kappa shape index (κ3) is 2.83. The van der Waals surface area contributed by atoms with E-state index in [4.69, 9.17) is 4.98 Å². The molecule has 0 aromatic carbocycles. The van der Waals surface area contributed by atoms with Crippen LogP contribution in [0.5, 0.6) is 0 Å². The number of nitrogens with one attached hydrogen (secondary N) is 1. The van der Waals surface area contributed by atoms with Crippen LogP contribution in [0.3, 0.4) is 0 Å². The Morgan fingerprint density at radius 2 is 2.31 bits per heavy atom. The fraction of sp³-hybridized carbons (Fsp3) is 0.769. The number of aromatic nitrogens is 1. The molecule has 1 unspecified atom stereocenters. The van der Waals surface area contributed by atoms with E-state index < -0.39 is 0 Å². The van der Waals surface area contributed by atoms with E-state index in [1.807, 2.05) is 11.3 Å². The van der Waals surface area contributed by atoms with Crippen LogP contribution >= 0.6 is 11.3 Å². The van der Waals surface area contributed by atoms with Gasteiger partial charge in [-0.15, -0.1) is 11.3 Å². The quantitative estimate of drug-likeness (QED) is 0.797. The number of hydrogen-bond donors (Lipinski definition) is 1. The lowest BCUT2D eigenvalue weighted by atomic mass is 9.89. The van der Waals surface area contributed by atoms with Crippen molar-refractivity contribution < 1.29 is 0 Å². The molecule has 2 nitrogen and oxygen atoms in total. The van der Waals surface area contributed by atoms with Gasteiger partial charge < -0.3 is 5.32 Å². The van der Waals surface area contributed by atoms with Crippen molar-refractivity contribution in [1.29, 1.82) is 0 Å². The molecule has 0 bridgehead atoms. The topological polar surface area (TPSA) is 24.9 Å². The Morgan fingerprint density at radius 1 is 1.44 bits per heavy atom. The first-order valence-electron chi connectivity index (χ1n) is 6.51. The highest BCUT2D eigenvalue weighted by Crippen LogP contribution is 2.31. The molecule has 1 aromatic heterocycles. The van der Waals surface area contributed by atoms with Crippen molar-refractivity contribution in [2.45, 2.75) is 52.5 Å². The molecule has 1 N–H and O–H groups in total. The van der Waals surface area contributed by atoms with Gasteiger partial charge in [-0.2, -0.15) is 0 Å². The van der Waals surface area contributed by atoms with Gasteiger partial charge in [-0.25, -0.2) is 4.98 Å². The maximum Gasteiger partial charge on any atom is 0.107 e. The van der Waals surface area contributed by atoms with Crippen molar-refractivity contribution in [3.05, 3.63) is 15.6 Å². The fourth-order valence-electron chi connectivity index (χ4n) is 2.29. The Bertz CT molecular complexity index is 333. The number of nitrogens with zero attached hydrogens (tertiary/aromatic N) is 1. The first kappa shape index (κ1) is 12.1. The molecule has 0 radical (unpaired) electrons. The third-order valence-corrected chi connectivity index (χ3v) is 4.49. The smallest absolute Gasteiger partial charge is 0.107 e. The number of aryl methyl sites for hydroxylation is 1. The Morgan fingerprint density at radius 3 is 3.06 bits per heavy atom. The van der Waals surface area contributed by atoms with E-state index in [0.29, 0.717) is 0 Å². The molecule has 0 aliphatic heterocycles. The maximum absolute atomic E-state index is 4.75. The average molecular weight is 238 g/mol. The normalized spacial score (nSPS) is 19.8. The summed E-state index contributed by atoms with van der Waals surface area (Å²) in [6.07, 6.45) is 6.34. The molecule has 0 saturated heterocycles. The van der Waals surface area contributed by atoms with Gasteiger partial charge in [0.15, 0.2) is 0 Å². The molecule has 0 spiro atoms. The van der Waals surface area contributed by atoms with Gasteiger partial charge in [0, 0.05) is 11.4 Å². The highest BCUT2D eigenvalue weighted by molar-refractivity contribution is 7.11. The molecular formula is C13H22N2S. The van der Waals surface area contributed by atoms with Gasteiger partial charge in [0.25, 0.3) is 0 Å². The molecule has 16 heavy (non-hydrogen) atoms. The summed E-state index contributed by atoms with van der Waals surface area (Å²) >= 11 is 1.93. The van der Waals surface area contributed by atoms with Crippen molar-refractivity contribution in [3.63, 3.8) is 0 Å². The molecular weight excluding hydrogens is 216 g/mol. The van der Waals surface area contributed by atoms with Gasteiger partial charge in [-0.1, -0.05) is 20.3 Å². The zero-order valence-electron chi connectivity index (χ0n) is 10.4. The molecule has 3 heteroatoms. The number of rotatable bonds is 5. The summed E-state index contributed by atoms with van der Waals surface area (Å²) in [6, 6.07) is 0. The van der Waals surface area contributed by atoms with Crippen LogP contribution in [0.1, 0.15) is 48.7 Å². The largest absolute Gasteiger partial charge is 0.310 e. The Balaban J connectivity index is 1.95. The summed E-state index contributed by atoms with van der Waals surface area (Å²) in [6.45, 7) is 6.57. The standard InChI is InChI=1S/C13H22N2S/c1-3-7-14-9-13-15-11-6-5-10(4-2)8-12(11)16-13/h10,14H,3-9H2,1-2H3. The summed E-state index contributed by atoms with van der Waals surface area (Å²) in [4.78, 5) is 6.31. The van der Waals surface area contributed by atoms with Crippen LogP contribution < -0.4 is 5.32 Å². The van der Waals surface area contributed by atoms with Crippen molar-refractivity contribution >= 4 is 11.3 Å². The monoisotopic (exact) mass is 238 g/mol. The summed E-state index contributed by atoms with van der Waals surface area (Å²) in [5, 5.41) is 4.72. The third-order valence-electron chi connectivity index (χ3n) is 3.37. The van der Waals surface area contributed by atoms with Crippen LogP contribution in [0.25, 0.3) is 0 Å². The Labute approximate surface area is 102 Å². The second kappa shape index (κ2) is 5.78. The zero-order valence-corrected chi connectivity index (χ0v) is 11.2. The van der Waals surface area contributed by atoms with Gasteiger partial charge in [0.05, 0.1) is 5.69 Å². The van der Waals surface area contributed by atoms with Gasteiger partial charge in [0.2, 0.25) is 0 Å². The number of thiazole rings is 1. The zero-order chi connectivity index (χ0) is 11.4. The highest BCUT2D eigenvalue weighted by atomic mass is 32.1. The maximum atomic E-state index is 4.75. The van der Waals surface area contributed by atoms with E-state index in [9.17, 15) is 0 Å². The first-order valence-corrected chi connectivity index (χ1v) is 7.33. The molecule has 0 saturated carbocycles. The van der Waals surface area contributed by atoms with Crippen molar-refractivity contribution in [3.8, 4) is 0 Å². The van der Waals surface area contributed by atoms with Gasteiger partial charge >= 0.3 is 0 Å². The van der Waals surface area contributed by atoms with Crippen LogP contribution in [0, 0.1) is 5.92 Å². The average Bonchev–Trinajstić information content (AvgIpc) is 2.70. The van der Waals surface area contributed by atoms with Crippen molar-refractivity contribution in [1.82, 2.24) is 10.3 Å². The van der Waals surface area contributed by atoms with Crippen LogP contribution in [-0.2, 0) is 19.4 Å². The van der Waals surface area contributed by atoms with Gasteiger partial charge in [0.1, 0.15) is 5.01 Å². The van der Waals surface area contributed by atoms with E-state index in [0.717, 1.165) is 19.0 Å². The van der Waals surface area contributed by atoms with Crippen LogP contribution in [0.4, 0.5) is 0 Å². The second-order valence-electron chi connectivity index (χ2n) is 4.67. The molecule has 1 aliphatic rings. The first-order chi connectivity index (χ1) is 7.83. The van der Waals surface area contributed by atoms with Gasteiger partial charge in [-0.05, 0) is 38.1 Å². The number of hydrogen-bond acceptors (Lipinski definition) is 3. The number of fused-ring (bicyclic) bond motifs is 1. The van der Waals surface area contributed by atoms with E-state index in [1.165, 1.54) is 42.8 Å². The molecule has 0 fully saturated rings. The predicted octanol–water partition coefficient (Wildman–Crippen LogP) is 3.16. The second-order valence-corrected chi connectivity index (χ2v) is 5.84. The summed E-state index contributed by atoms with van der Waals surface area (Å²) in [5.74, 6) is 0.907. The molecule has 90 valence electrons. The molecule has 1 atom stereocenters. The molecule has 2 rings (SSSR count). The predicted molar refractivity (Wildman–Crippen MR) is 69.9 cm³/mol. The van der Waals surface area contributed by atoms with Crippen molar-refractivity contribution in [2.24, 2.45) is 5.92 Å². The fourth-order valence-corrected chi connectivity index (χ4v) is 3.49. The van der Waals surface area contributed by atoms with E-state index in [2.05, 4.69) is 19.2 Å². The minimum atomic E-state index is 0.907. The summed E-state index contributed by atoms with van der Waals surface area (Å²) < 4.78 is 0. The van der Waals surface area contributed by atoms with Crippen LogP contribution in [-0.4, -0.2) is 11.5 Å². The molecule has 1 aliphatic carbocycles. The van der Waals surface area contributed by atoms with Crippen LogP contribution in [0.2, 0.25) is 0 Å². The molecule has 0 amide bonds. The molecule has 1 heterocycles. The Kier molecular flexibility index (Phi) is 4.36. The lowest BCUT2D eigenvalue weighted by molar-refractivity contribution is 0.445. The van der Waals surface area contributed by atoms with Crippen LogP contribution in [0.15, 0.2) is 0 Å². The lowest BCUT2D eigenvalue weighted by Crippen LogP contribution is -2.13. The minimum absolute atomic E-state index is 0.907. The Hall–Kier alpha value is -0.410. The van der Waals surface area contributed by atoms with E-state index >= 15 is 0 Å². The molecule has 1 aromatic rings. The van der Waals surface area contributed by atoms with Gasteiger partial charge in [-0.3, -0.25) is 0 Å². The van der Waals surface area contributed by atoms with Crippen molar-refractivity contribution in [2.75, 3.05) is 6.54 Å². The van der Waals surface area contributed by atoms with E-state index in [1.54, 1.807) is 4.88 Å². The van der Waals surface area contributed by atoms with E-state index in [-0.39, 0.29) is 0 Å². The highest BCUT2D eigenvalue weighted by Gasteiger charge is 2.20.